The van der Waals surface area contributed by atoms with Crippen molar-refractivity contribution in [2.24, 2.45) is 0 Å². The molecule has 1 fully saturated rings. The summed E-state index contributed by atoms with van der Waals surface area (Å²) in [6, 6.07) is 0.840. The van der Waals surface area contributed by atoms with Gasteiger partial charge in [0.25, 0.3) is 0 Å². The molecule has 0 unspecified atom stereocenters. The molecule has 0 heterocycles. The molecule has 1 aliphatic carbocycles. The minimum atomic E-state index is 0.840. The summed E-state index contributed by atoms with van der Waals surface area (Å²) in [5, 5.41) is 3.46. The van der Waals surface area contributed by atoms with Crippen LogP contribution in [0, 0.1) is 0 Å². The summed E-state index contributed by atoms with van der Waals surface area (Å²) in [5.74, 6) is 0. The zero-order valence-corrected chi connectivity index (χ0v) is 7.27. The maximum Gasteiger partial charge on any atom is 0.00683 e. The summed E-state index contributed by atoms with van der Waals surface area (Å²) in [4.78, 5) is 0. The van der Waals surface area contributed by atoms with E-state index in [2.05, 4.69) is 24.9 Å². The van der Waals surface area contributed by atoms with Gasteiger partial charge in [-0.2, -0.15) is 0 Å². The average molecular weight is 151 g/mol. The van der Waals surface area contributed by atoms with E-state index in [1.807, 2.05) is 6.08 Å². The van der Waals surface area contributed by atoms with Crippen molar-refractivity contribution in [2.45, 2.75) is 32.2 Å². The Morgan fingerprint density at radius 3 is 2.91 bits per heavy atom. The fraction of sp³-hybridized carbons (Fsp3) is 0.600. The van der Waals surface area contributed by atoms with E-state index < -0.39 is 0 Å². The van der Waals surface area contributed by atoms with Gasteiger partial charge in [0.05, 0.1) is 0 Å². The molecule has 1 saturated carbocycles. The van der Waals surface area contributed by atoms with E-state index in [4.69, 9.17) is 0 Å². The van der Waals surface area contributed by atoms with Crippen LogP contribution in [-0.4, -0.2) is 12.6 Å². The highest BCUT2D eigenvalue weighted by Gasteiger charge is 2.19. The second kappa shape index (κ2) is 4.35. The first-order chi connectivity index (χ1) is 5.33. The first kappa shape index (κ1) is 8.54. The molecule has 0 aromatic rings. The molecule has 0 aliphatic heterocycles. The van der Waals surface area contributed by atoms with E-state index in [9.17, 15) is 0 Å². The van der Waals surface area contributed by atoms with Crippen molar-refractivity contribution in [3.63, 3.8) is 0 Å². The van der Waals surface area contributed by atoms with Gasteiger partial charge >= 0.3 is 0 Å². The zero-order chi connectivity index (χ0) is 8.10. The topological polar surface area (TPSA) is 12.0 Å². The van der Waals surface area contributed by atoms with Gasteiger partial charge in [-0.1, -0.05) is 24.3 Å². The van der Waals surface area contributed by atoms with Gasteiger partial charge in [0, 0.05) is 6.04 Å². The molecular weight excluding hydrogens is 134 g/mol. The number of allylic oxidation sites excluding steroid dienone is 2. The Labute approximate surface area is 69.2 Å². The minimum Gasteiger partial charge on any atom is -0.314 e. The van der Waals surface area contributed by atoms with Crippen LogP contribution in [-0.2, 0) is 0 Å². The highest BCUT2D eigenvalue weighted by molar-refractivity contribution is 5.12. The van der Waals surface area contributed by atoms with Crippen LogP contribution in [0.25, 0.3) is 0 Å². The van der Waals surface area contributed by atoms with Crippen molar-refractivity contribution in [1.29, 1.82) is 0 Å². The Morgan fingerprint density at radius 2 is 2.36 bits per heavy atom. The van der Waals surface area contributed by atoms with Gasteiger partial charge in [-0.15, -0.1) is 0 Å². The van der Waals surface area contributed by atoms with Crippen molar-refractivity contribution in [3.8, 4) is 0 Å². The Balaban J connectivity index is 1.97. The summed E-state index contributed by atoms with van der Waals surface area (Å²) in [5.41, 5.74) is 1.28. The van der Waals surface area contributed by atoms with Gasteiger partial charge in [0.15, 0.2) is 0 Å². The molecule has 0 atom stereocenters. The summed E-state index contributed by atoms with van der Waals surface area (Å²) in [7, 11) is 0. The second-order valence-electron chi connectivity index (χ2n) is 3.17. The molecule has 0 bridgehead atoms. The van der Waals surface area contributed by atoms with E-state index in [1.54, 1.807) is 0 Å². The molecule has 1 nitrogen and oxygen atoms in total. The fourth-order valence-corrected chi connectivity index (χ4v) is 0.958. The Hall–Kier alpha value is -0.560. The lowest BCUT2D eigenvalue weighted by molar-refractivity contribution is 0.689. The third-order valence-corrected chi connectivity index (χ3v) is 1.94. The SMILES string of the molecule is C=CC(C)=CCCNC1CC1. The Kier molecular flexibility index (Phi) is 3.37. The van der Waals surface area contributed by atoms with E-state index in [0.29, 0.717) is 0 Å². The smallest absolute Gasteiger partial charge is 0.00683 e. The fourth-order valence-electron chi connectivity index (χ4n) is 0.958. The van der Waals surface area contributed by atoms with E-state index in [-0.39, 0.29) is 0 Å². The quantitative estimate of drug-likeness (QED) is 0.469. The molecular formula is C10H17N. The monoisotopic (exact) mass is 151 g/mol. The molecule has 0 aromatic carbocycles. The highest BCUT2D eigenvalue weighted by Crippen LogP contribution is 2.18. The van der Waals surface area contributed by atoms with Gasteiger partial charge in [0.2, 0.25) is 0 Å². The van der Waals surface area contributed by atoms with Crippen LogP contribution < -0.4 is 5.32 Å². The third-order valence-electron chi connectivity index (χ3n) is 1.94. The lowest BCUT2D eigenvalue weighted by atomic mass is 10.2. The van der Waals surface area contributed by atoms with Crippen LogP contribution in [0.2, 0.25) is 0 Å². The van der Waals surface area contributed by atoms with Crippen molar-refractivity contribution < 1.29 is 0 Å². The summed E-state index contributed by atoms with van der Waals surface area (Å²) >= 11 is 0. The molecule has 0 amide bonds. The van der Waals surface area contributed by atoms with Gasteiger partial charge in [-0.3, -0.25) is 0 Å². The maximum atomic E-state index is 3.70. The minimum absolute atomic E-state index is 0.840. The first-order valence-corrected chi connectivity index (χ1v) is 4.35. The lowest BCUT2D eigenvalue weighted by Crippen LogP contribution is -2.16. The van der Waals surface area contributed by atoms with Crippen LogP contribution in [0.5, 0.6) is 0 Å². The zero-order valence-electron chi connectivity index (χ0n) is 7.27. The van der Waals surface area contributed by atoms with Gasteiger partial charge in [-0.05, 0) is 32.7 Å². The molecule has 0 saturated heterocycles. The molecule has 1 N–H and O–H groups in total. The van der Waals surface area contributed by atoms with Gasteiger partial charge in [0.1, 0.15) is 0 Å². The summed E-state index contributed by atoms with van der Waals surface area (Å²) in [6.07, 6.45) is 8.02. The highest BCUT2D eigenvalue weighted by atomic mass is 14.9. The maximum absolute atomic E-state index is 3.70. The molecule has 0 spiro atoms. The van der Waals surface area contributed by atoms with E-state index in [1.165, 1.54) is 18.4 Å². The summed E-state index contributed by atoms with van der Waals surface area (Å²) in [6.45, 7) is 6.91. The van der Waals surface area contributed by atoms with E-state index >= 15 is 0 Å². The van der Waals surface area contributed by atoms with Crippen LogP contribution >= 0.6 is 0 Å². The van der Waals surface area contributed by atoms with Crippen molar-refractivity contribution in [3.05, 3.63) is 24.3 Å². The van der Waals surface area contributed by atoms with Gasteiger partial charge in [-0.25, -0.2) is 0 Å². The number of hydrogen-bond acceptors (Lipinski definition) is 1. The largest absolute Gasteiger partial charge is 0.314 e. The molecule has 0 radical (unpaired) electrons. The predicted molar refractivity (Wildman–Crippen MR) is 49.6 cm³/mol. The standard InChI is InChI=1S/C10H17N/c1-3-9(2)5-4-8-11-10-6-7-10/h3,5,10-11H,1,4,6-8H2,2H3. The lowest BCUT2D eigenvalue weighted by Gasteiger charge is -1.98. The van der Waals surface area contributed by atoms with Gasteiger partial charge < -0.3 is 5.32 Å². The Morgan fingerprint density at radius 1 is 1.64 bits per heavy atom. The van der Waals surface area contributed by atoms with Crippen molar-refractivity contribution >= 4 is 0 Å². The average Bonchev–Trinajstić information content (AvgIpc) is 2.81. The van der Waals surface area contributed by atoms with Crippen molar-refractivity contribution in [2.75, 3.05) is 6.54 Å². The number of rotatable bonds is 5. The third kappa shape index (κ3) is 3.99. The molecule has 1 heteroatoms. The number of nitrogens with one attached hydrogen (secondary N) is 1. The second-order valence-corrected chi connectivity index (χ2v) is 3.17. The molecule has 1 aliphatic rings. The summed E-state index contributed by atoms with van der Waals surface area (Å²) < 4.78 is 0. The molecule has 11 heavy (non-hydrogen) atoms. The number of hydrogen-bond donors (Lipinski definition) is 1. The van der Waals surface area contributed by atoms with Crippen LogP contribution in [0.1, 0.15) is 26.2 Å². The Bertz CT molecular complexity index is 154. The predicted octanol–water partition coefficient (Wildman–Crippen LogP) is 2.26. The van der Waals surface area contributed by atoms with Crippen LogP contribution in [0.4, 0.5) is 0 Å². The van der Waals surface area contributed by atoms with Crippen LogP contribution in [0.15, 0.2) is 24.3 Å². The normalized spacial score (nSPS) is 18.5. The molecule has 62 valence electrons. The molecule has 0 aromatic heterocycles. The first-order valence-electron chi connectivity index (χ1n) is 4.35. The molecule has 1 rings (SSSR count). The van der Waals surface area contributed by atoms with Crippen molar-refractivity contribution in [1.82, 2.24) is 5.32 Å². The van der Waals surface area contributed by atoms with E-state index in [0.717, 1.165) is 19.0 Å². The van der Waals surface area contributed by atoms with Crippen LogP contribution in [0.3, 0.4) is 0 Å².